The average molecular weight is 433 g/mol. The van der Waals surface area contributed by atoms with Crippen LogP contribution in [0.15, 0.2) is 40.7 Å². The van der Waals surface area contributed by atoms with Gasteiger partial charge in [0.2, 0.25) is 0 Å². The van der Waals surface area contributed by atoms with Crippen LogP contribution < -0.4 is 20.1 Å². The predicted octanol–water partition coefficient (Wildman–Crippen LogP) is 3.61. The smallest absolute Gasteiger partial charge is 0.195 e. The van der Waals surface area contributed by atoms with Gasteiger partial charge in [-0.15, -0.1) is 11.3 Å². The Balaban J connectivity index is 1.76. The van der Waals surface area contributed by atoms with Gasteiger partial charge in [-0.05, 0) is 37.4 Å². The first kappa shape index (κ1) is 22.4. The molecule has 1 fully saturated rings. The van der Waals surface area contributed by atoms with Crippen molar-refractivity contribution in [2.75, 3.05) is 58.4 Å². The molecule has 2 aromatic rings. The molecule has 1 aliphatic heterocycles. The van der Waals surface area contributed by atoms with Crippen molar-refractivity contribution in [2.24, 2.45) is 4.99 Å². The lowest BCUT2D eigenvalue weighted by atomic mass is 10.2. The van der Waals surface area contributed by atoms with E-state index in [1.165, 1.54) is 4.88 Å². The van der Waals surface area contributed by atoms with Gasteiger partial charge in [-0.2, -0.15) is 0 Å². The summed E-state index contributed by atoms with van der Waals surface area (Å²) in [5.41, 5.74) is 0.901. The highest BCUT2D eigenvalue weighted by Gasteiger charge is 2.23. The number of anilines is 1. The summed E-state index contributed by atoms with van der Waals surface area (Å²) in [4.78, 5) is 8.70. The third-order valence-electron chi connectivity index (χ3n) is 4.85. The van der Waals surface area contributed by atoms with Crippen LogP contribution in [0.1, 0.15) is 24.8 Å². The van der Waals surface area contributed by atoms with E-state index in [-0.39, 0.29) is 6.04 Å². The number of nitrogens with zero attached hydrogens (tertiary/aromatic N) is 2. The molecule has 1 aliphatic rings. The molecule has 30 heavy (non-hydrogen) atoms. The summed E-state index contributed by atoms with van der Waals surface area (Å²) in [6.45, 7) is 9.46. The van der Waals surface area contributed by atoms with Crippen LogP contribution in [0.2, 0.25) is 0 Å². The topological polar surface area (TPSA) is 67.4 Å². The van der Waals surface area contributed by atoms with Crippen LogP contribution in [0.25, 0.3) is 0 Å². The number of methoxy groups -OCH3 is 1. The summed E-state index contributed by atoms with van der Waals surface area (Å²) in [6.07, 6.45) is 0. The molecule has 0 amide bonds. The molecule has 7 nitrogen and oxygen atoms in total. The molecule has 164 valence electrons. The molecule has 2 heterocycles. The van der Waals surface area contributed by atoms with Crippen molar-refractivity contribution >= 4 is 23.0 Å². The van der Waals surface area contributed by atoms with Crippen molar-refractivity contribution < 1.29 is 14.2 Å². The molecule has 0 spiro atoms. The summed E-state index contributed by atoms with van der Waals surface area (Å²) in [5.74, 6) is 2.18. The van der Waals surface area contributed by atoms with Crippen LogP contribution in [0.3, 0.4) is 0 Å². The van der Waals surface area contributed by atoms with Crippen LogP contribution >= 0.6 is 11.3 Å². The fourth-order valence-corrected chi connectivity index (χ4v) is 4.25. The number of ether oxygens (including phenoxy) is 3. The molecule has 0 aliphatic carbocycles. The first-order chi connectivity index (χ1) is 14.7. The van der Waals surface area contributed by atoms with Gasteiger partial charge in [0, 0.05) is 36.3 Å². The number of thiophene rings is 1. The summed E-state index contributed by atoms with van der Waals surface area (Å²) in [5, 5.41) is 8.87. The summed E-state index contributed by atoms with van der Waals surface area (Å²) in [6, 6.07) is 10.4. The highest BCUT2D eigenvalue weighted by Crippen LogP contribution is 2.30. The molecule has 0 bridgehead atoms. The standard InChI is InChI=1S/C22H32N4O3S/c1-4-23-22(25-17-8-9-19(27-3)20(15-17)29-5-2)24-16-18(21-7-6-14-30-21)26-10-12-28-13-11-26/h6-9,14-15,18H,4-5,10-13,16H2,1-3H3,(H2,23,24,25). The minimum atomic E-state index is 0.249. The fraction of sp³-hybridized carbons (Fsp3) is 0.500. The Morgan fingerprint density at radius 3 is 2.73 bits per heavy atom. The Morgan fingerprint density at radius 2 is 2.07 bits per heavy atom. The van der Waals surface area contributed by atoms with E-state index in [4.69, 9.17) is 19.2 Å². The zero-order chi connectivity index (χ0) is 21.2. The Labute approximate surface area is 183 Å². The van der Waals surface area contributed by atoms with E-state index < -0.39 is 0 Å². The van der Waals surface area contributed by atoms with Gasteiger partial charge in [-0.1, -0.05) is 6.07 Å². The highest BCUT2D eigenvalue weighted by molar-refractivity contribution is 7.10. The van der Waals surface area contributed by atoms with E-state index in [2.05, 4.69) is 40.0 Å². The number of nitrogens with one attached hydrogen (secondary N) is 2. The second-order valence-corrected chi connectivity index (χ2v) is 7.80. The van der Waals surface area contributed by atoms with Crippen molar-refractivity contribution in [3.05, 3.63) is 40.6 Å². The van der Waals surface area contributed by atoms with Gasteiger partial charge in [0.15, 0.2) is 17.5 Å². The van der Waals surface area contributed by atoms with E-state index in [0.29, 0.717) is 18.9 Å². The van der Waals surface area contributed by atoms with Gasteiger partial charge in [-0.25, -0.2) is 0 Å². The molecule has 0 radical (unpaired) electrons. The van der Waals surface area contributed by atoms with Crippen LogP contribution in [-0.4, -0.2) is 64.0 Å². The molecule has 0 saturated carbocycles. The maximum atomic E-state index is 5.69. The summed E-state index contributed by atoms with van der Waals surface area (Å²) in [7, 11) is 1.65. The van der Waals surface area contributed by atoms with Gasteiger partial charge in [0.1, 0.15) is 0 Å². The molecular formula is C22H32N4O3S. The van der Waals surface area contributed by atoms with Crippen molar-refractivity contribution in [1.29, 1.82) is 0 Å². The third-order valence-corrected chi connectivity index (χ3v) is 5.82. The van der Waals surface area contributed by atoms with Crippen molar-refractivity contribution in [1.82, 2.24) is 10.2 Å². The Hall–Kier alpha value is -2.29. The minimum absolute atomic E-state index is 0.249. The number of hydrogen-bond acceptors (Lipinski definition) is 6. The Bertz CT molecular complexity index is 792. The van der Waals surface area contributed by atoms with E-state index >= 15 is 0 Å². The van der Waals surface area contributed by atoms with E-state index in [1.54, 1.807) is 18.4 Å². The number of aliphatic imine (C=N–C) groups is 1. The fourth-order valence-electron chi connectivity index (χ4n) is 3.40. The molecule has 8 heteroatoms. The lowest BCUT2D eigenvalue weighted by Crippen LogP contribution is -2.40. The SMILES string of the molecule is CCNC(=NCC(c1cccs1)N1CCOCC1)Nc1ccc(OC)c(OCC)c1. The van der Waals surface area contributed by atoms with E-state index in [9.17, 15) is 0 Å². The monoisotopic (exact) mass is 432 g/mol. The number of benzene rings is 1. The van der Waals surface area contributed by atoms with Crippen molar-refractivity contribution in [3.63, 3.8) is 0 Å². The molecule has 3 rings (SSSR count). The third kappa shape index (κ3) is 6.10. The molecule has 1 aromatic heterocycles. The van der Waals surface area contributed by atoms with Gasteiger partial charge < -0.3 is 24.8 Å². The number of guanidine groups is 1. The number of rotatable bonds is 9. The first-order valence-corrected chi connectivity index (χ1v) is 11.3. The van der Waals surface area contributed by atoms with Crippen LogP contribution in [0.4, 0.5) is 5.69 Å². The van der Waals surface area contributed by atoms with Crippen molar-refractivity contribution in [3.8, 4) is 11.5 Å². The second-order valence-electron chi connectivity index (χ2n) is 6.82. The lowest BCUT2D eigenvalue weighted by Gasteiger charge is -2.33. The molecule has 1 saturated heterocycles. The first-order valence-electron chi connectivity index (χ1n) is 10.5. The lowest BCUT2D eigenvalue weighted by molar-refractivity contribution is 0.0187. The molecule has 2 N–H and O–H groups in total. The summed E-state index contributed by atoms with van der Waals surface area (Å²) >= 11 is 1.78. The van der Waals surface area contributed by atoms with Crippen LogP contribution in [0.5, 0.6) is 11.5 Å². The maximum Gasteiger partial charge on any atom is 0.195 e. The van der Waals surface area contributed by atoms with Crippen LogP contribution in [-0.2, 0) is 4.74 Å². The second kappa shape index (κ2) is 11.8. The number of morpholine rings is 1. The van der Waals surface area contributed by atoms with Crippen LogP contribution in [0, 0.1) is 0 Å². The largest absolute Gasteiger partial charge is 0.493 e. The van der Waals surface area contributed by atoms with E-state index in [1.807, 2.05) is 25.1 Å². The Morgan fingerprint density at radius 1 is 1.23 bits per heavy atom. The van der Waals surface area contributed by atoms with Gasteiger partial charge in [0.05, 0.1) is 39.5 Å². The predicted molar refractivity (Wildman–Crippen MR) is 123 cm³/mol. The molecular weight excluding hydrogens is 400 g/mol. The molecule has 1 atom stereocenters. The normalized spacial score (nSPS) is 16.2. The quantitative estimate of drug-likeness (QED) is 0.466. The zero-order valence-electron chi connectivity index (χ0n) is 18.0. The summed E-state index contributed by atoms with van der Waals surface area (Å²) < 4.78 is 16.6. The molecule has 1 unspecified atom stereocenters. The van der Waals surface area contributed by atoms with Gasteiger partial charge in [0.25, 0.3) is 0 Å². The minimum Gasteiger partial charge on any atom is -0.493 e. The Kier molecular flexibility index (Phi) is 8.80. The van der Waals surface area contributed by atoms with Gasteiger partial charge in [-0.3, -0.25) is 9.89 Å². The maximum absolute atomic E-state index is 5.69. The highest BCUT2D eigenvalue weighted by atomic mass is 32.1. The average Bonchev–Trinajstić information content (AvgIpc) is 3.30. The number of hydrogen-bond donors (Lipinski definition) is 2. The van der Waals surface area contributed by atoms with E-state index in [0.717, 1.165) is 50.2 Å². The van der Waals surface area contributed by atoms with Gasteiger partial charge >= 0.3 is 0 Å². The zero-order valence-corrected chi connectivity index (χ0v) is 18.8. The molecule has 1 aromatic carbocycles. The van der Waals surface area contributed by atoms with Crippen molar-refractivity contribution in [2.45, 2.75) is 19.9 Å².